The molecular formula is C16H14N2O3S. The van der Waals surface area contributed by atoms with Crippen molar-refractivity contribution < 1.29 is 14.7 Å². The van der Waals surface area contributed by atoms with Gasteiger partial charge in [-0.2, -0.15) is 5.26 Å². The van der Waals surface area contributed by atoms with Crippen LogP contribution in [-0.4, -0.2) is 17.0 Å². The van der Waals surface area contributed by atoms with Gasteiger partial charge in [0.25, 0.3) is 0 Å². The number of carbonyl (C=O) groups is 2. The van der Waals surface area contributed by atoms with Crippen molar-refractivity contribution in [3.05, 3.63) is 36.4 Å². The number of allylic oxidation sites excluding steroid dienone is 2. The fourth-order valence-electron chi connectivity index (χ4n) is 3.40. The van der Waals surface area contributed by atoms with Gasteiger partial charge < -0.3 is 10.4 Å². The Labute approximate surface area is 132 Å². The number of benzene rings is 1. The van der Waals surface area contributed by atoms with Crippen molar-refractivity contribution >= 4 is 29.3 Å². The summed E-state index contributed by atoms with van der Waals surface area (Å²) in [7, 11) is 0. The Bertz CT molecular complexity index is 678. The quantitative estimate of drug-likeness (QED) is 0.506. The van der Waals surface area contributed by atoms with E-state index in [1.165, 1.54) is 0 Å². The summed E-state index contributed by atoms with van der Waals surface area (Å²) in [5.74, 6) is -2.32. The summed E-state index contributed by atoms with van der Waals surface area (Å²) in [5, 5.41) is 22.7. The van der Waals surface area contributed by atoms with E-state index in [-0.39, 0.29) is 17.7 Å². The number of carboxylic acid groups (broad SMARTS) is 1. The van der Waals surface area contributed by atoms with Crippen molar-refractivity contribution in [2.24, 2.45) is 23.7 Å². The summed E-state index contributed by atoms with van der Waals surface area (Å²) in [6.45, 7) is 0. The fraction of sp³-hybridized carbons (Fsp3) is 0.312. The van der Waals surface area contributed by atoms with E-state index in [9.17, 15) is 14.7 Å². The topological polar surface area (TPSA) is 90.2 Å². The van der Waals surface area contributed by atoms with Crippen molar-refractivity contribution in [2.75, 3.05) is 5.32 Å². The molecule has 1 aromatic carbocycles. The third-order valence-electron chi connectivity index (χ3n) is 4.33. The number of hydrogen-bond donors (Lipinski definition) is 2. The Morgan fingerprint density at radius 3 is 2.41 bits per heavy atom. The molecule has 0 heterocycles. The fourth-order valence-corrected chi connectivity index (χ4v) is 3.78. The second-order valence-corrected chi connectivity index (χ2v) is 6.40. The van der Waals surface area contributed by atoms with Gasteiger partial charge >= 0.3 is 5.97 Å². The molecule has 2 aliphatic rings. The molecule has 5 nitrogen and oxygen atoms in total. The van der Waals surface area contributed by atoms with Crippen LogP contribution in [0, 0.1) is 34.3 Å². The highest BCUT2D eigenvalue weighted by atomic mass is 32.2. The lowest BCUT2D eigenvalue weighted by atomic mass is 9.82. The Morgan fingerprint density at radius 1 is 1.18 bits per heavy atom. The highest BCUT2D eigenvalue weighted by molar-refractivity contribution is 8.03. The number of rotatable bonds is 4. The first kappa shape index (κ1) is 14.7. The highest BCUT2D eigenvalue weighted by Crippen LogP contribution is 2.48. The maximum absolute atomic E-state index is 12.5. The maximum Gasteiger partial charge on any atom is 0.307 e. The van der Waals surface area contributed by atoms with Crippen LogP contribution in [0.4, 0.5) is 5.69 Å². The number of carboxylic acids is 1. The number of carbonyl (C=O) groups excluding carboxylic acids is 1. The van der Waals surface area contributed by atoms with Gasteiger partial charge in [-0.05, 0) is 54.3 Å². The molecule has 6 heteroatoms. The molecule has 1 aromatic rings. The number of anilines is 1. The van der Waals surface area contributed by atoms with Gasteiger partial charge in [-0.25, -0.2) is 0 Å². The van der Waals surface area contributed by atoms with Crippen LogP contribution >= 0.6 is 11.8 Å². The molecule has 1 fully saturated rings. The largest absolute Gasteiger partial charge is 0.481 e. The van der Waals surface area contributed by atoms with E-state index in [2.05, 4.69) is 5.32 Å². The van der Waals surface area contributed by atoms with Crippen LogP contribution in [0.2, 0.25) is 0 Å². The zero-order valence-electron chi connectivity index (χ0n) is 11.6. The molecule has 0 aromatic heterocycles. The standard InChI is InChI=1S/C16H14N2O3S/c17-8-22-12-5-3-11(4-6-12)18-15(19)13-9-1-2-10(7-9)14(13)16(20)21/h1-6,9-10,13-14H,7H2,(H,18,19)(H,20,21)/t9-,10-,13+,14+/m0/s1. The van der Waals surface area contributed by atoms with E-state index in [0.717, 1.165) is 23.1 Å². The van der Waals surface area contributed by atoms with Gasteiger partial charge in [0.05, 0.1) is 11.8 Å². The van der Waals surface area contributed by atoms with Crippen molar-refractivity contribution in [2.45, 2.75) is 11.3 Å². The van der Waals surface area contributed by atoms with Gasteiger partial charge in [-0.1, -0.05) is 12.2 Å². The molecule has 1 saturated carbocycles. The van der Waals surface area contributed by atoms with Crippen LogP contribution in [-0.2, 0) is 9.59 Å². The predicted octanol–water partition coefficient (Wildman–Crippen LogP) is 2.72. The van der Waals surface area contributed by atoms with Gasteiger partial charge in [0, 0.05) is 10.6 Å². The lowest BCUT2D eigenvalue weighted by Gasteiger charge is -2.23. The summed E-state index contributed by atoms with van der Waals surface area (Å²) in [6, 6.07) is 6.94. The van der Waals surface area contributed by atoms with Gasteiger partial charge in [0.1, 0.15) is 5.40 Å². The molecule has 1 amide bonds. The second-order valence-electron chi connectivity index (χ2n) is 5.55. The minimum absolute atomic E-state index is 0.0134. The average Bonchev–Trinajstić information content (AvgIpc) is 3.10. The molecule has 2 bridgehead atoms. The van der Waals surface area contributed by atoms with E-state index < -0.39 is 17.8 Å². The first-order valence-corrected chi connectivity index (χ1v) is 7.80. The molecular weight excluding hydrogens is 300 g/mol. The normalized spacial score (nSPS) is 28.3. The average molecular weight is 314 g/mol. The van der Waals surface area contributed by atoms with Gasteiger partial charge in [-0.15, -0.1) is 0 Å². The Morgan fingerprint density at radius 2 is 1.82 bits per heavy atom. The summed E-state index contributed by atoms with van der Waals surface area (Å²) in [6.07, 6.45) is 4.62. The second kappa shape index (κ2) is 5.85. The summed E-state index contributed by atoms with van der Waals surface area (Å²) < 4.78 is 0. The lowest BCUT2D eigenvalue weighted by molar-refractivity contribution is -0.146. The molecule has 3 rings (SSSR count). The van der Waals surface area contributed by atoms with Crippen LogP contribution in [0.15, 0.2) is 41.3 Å². The minimum Gasteiger partial charge on any atom is -0.481 e. The summed E-state index contributed by atoms with van der Waals surface area (Å²) in [5.41, 5.74) is 0.614. The molecule has 0 radical (unpaired) electrons. The number of aliphatic carboxylic acids is 1. The molecule has 4 atom stereocenters. The number of amides is 1. The smallest absolute Gasteiger partial charge is 0.307 e. The van der Waals surface area contributed by atoms with Gasteiger partial charge in [0.2, 0.25) is 5.91 Å². The monoisotopic (exact) mass is 314 g/mol. The van der Waals surface area contributed by atoms with Crippen LogP contribution in [0.5, 0.6) is 0 Å². The number of hydrogen-bond acceptors (Lipinski definition) is 4. The summed E-state index contributed by atoms with van der Waals surface area (Å²) >= 11 is 1.05. The van der Waals surface area contributed by atoms with Crippen molar-refractivity contribution in [3.63, 3.8) is 0 Å². The molecule has 22 heavy (non-hydrogen) atoms. The first-order valence-electron chi connectivity index (χ1n) is 6.98. The number of thiocyanates is 1. The van der Waals surface area contributed by atoms with E-state index in [0.29, 0.717) is 5.69 Å². The molecule has 2 aliphatic carbocycles. The van der Waals surface area contributed by atoms with Crippen molar-refractivity contribution in [1.29, 1.82) is 5.26 Å². The van der Waals surface area contributed by atoms with Gasteiger partial charge in [0.15, 0.2) is 0 Å². The SMILES string of the molecule is N#CSc1ccc(NC(=O)[C@H]2[C@H](C(=O)O)[C@H]3C=C[C@H]2C3)cc1. The van der Waals surface area contributed by atoms with Crippen LogP contribution in [0.25, 0.3) is 0 Å². The van der Waals surface area contributed by atoms with E-state index in [1.807, 2.05) is 17.6 Å². The third-order valence-corrected chi connectivity index (χ3v) is 4.93. The molecule has 0 spiro atoms. The zero-order chi connectivity index (χ0) is 15.7. The van der Waals surface area contributed by atoms with Crippen molar-refractivity contribution in [3.8, 4) is 5.40 Å². The number of nitrogens with one attached hydrogen (secondary N) is 1. The molecule has 2 N–H and O–H groups in total. The predicted molar refractivity (Wildman–Crippen MR) is 81.9 cm³/mol. The molecule has 112 valence electrons. The maximum atomic E-state index is 12.5. The molecule has 0 saturated heterocycles. The number of thioether (sulfide) groups is 1. The zero-order valence-corrected chi connectivity index (χ0v) is 12.4. The number of nitriles is 1. The minimum atomic E-state index is -0.905. The van der Waals surface area contributed by atoms with Crippen LogP contribution < -0.4 is 5.32 Å². The van der Waals surface area contributed by atoms with E-state index in [4.69, 9.17) is 5.26 Å². The molecule has 0 aliphatic heterocycles. The third kappa shape index (κ3) is 2.60. The van der Waals surface area contributed by atoms with E-state index in [1.54, 1.807) is 24.3 Å². The Kier molecular flexibility index (Phi) is 3.90. The van der Waals surface area contributed by atoms with E-state index >= 15 is 0 Å². The van der Waals surface area contributed by atoms with Crippen molar-refractivity contribution in [1.82, 2.24) is 0 Å². The summed E-state index contributed by atoms with van der Waals surface area (Å²) in [4.78, 5) is 24.7. The number of nitrogens with zero attached hydrogens (tertiary/aromatic N) is 1. The molecule has 0 unspecified atom stereocenters. The number of fused-ring (bicyclic) bond motifs is 2. The van der Waals surface area contributed by atoms with Crippen LogP contribution in [0.1, 0.15) is 6.42 Å². The lowest BCUT2D eigenvalue weighted by Crippen LogP contribution is -2.36. The Balaban J connectivity index is 1.73. The Hall–Kier alpha value is -2.26. The van der Waals surface area contributed by atoms with Gasteiger partial charge in [-0.3, -0.25) is 9.59 Å². The first-order chi connectivity index (χ1) is 10.6. The highest BCUT2D eigenvalue weighted by Gasteiger charge is 2.51. The van der Waals surface area contributed by atoms with Crippen LogP contribution in [0.3, 0.4) is 0 Å².